The first kappa shape index (κ1) is 10.9. The number of carboxylic acids is 1. The van der Waals surface area contributed by atoms with Crippen molar-refractivity contribution < 1.29 is 9.90 Å². The molecule has 4 nitrogen and oxygen atoms in total. The number of aliphatic carboxylic acids is 1. The van der Waals surface area contributed by atoms with E-state index in [4.69, 9.17) is 16.7 Å². The Kier molecular flexibility index (Phi) is 3.43. The van der Waals surface area contributed by atoms with Gasteiger partial charge in [-0.3, -0.25) is 9.69 Å². The monoisotopic (exact) mass is 214 g/mol. The molecule has 1 unspecified atom stereocenters. The second-order valence-corrected chi connectivity index (χ2v) is 3.51. The summed E-state index contributed by atoms with van der Waals surface area (Å²) in [5.41, 5.74) is 0.618. The molecule has 1 atom stereocenters. The van der Waals surface area contributed by atoms with Crippen molar-refractivity contribution >= 4 is 17.6 Å². The second-order valence-electron chi connectivity index (χ2n) is 3.12. The molecular formula is C9H11ClN2O2. The van der Waals surface area contributed by atoms with Gasteiger partial charge in [-0.1, -0.05) is 17.7 Å². The van der Waals surface area contributed by atoms with Crippen molar-refractivity contribution in [1.82, 2.24) is 9.88 Å². The lowest BCUT2D eigenvalue weighted by Gasteiger charge is -2.19. The number of aromatic nitrogens is 1. The molecule has 1 aromatic heterocycles. The summed E-state index contributed by atoms with van der Waals surface area (Å²) < 4.78 is 0. The highest BCUT2D eigenvalue weighted by molar-refractivity contribution is 6.29. The molecule has 14 heavy (non-hydrogen) atoms. The van der Waals surface area contributed by atoms with E-state index in [2.05, 4.69) is 4.98 Å². The summed E-state index contributed by atoms with van der Waals surface area (Å²) in [6, 6.07) is 2.56. The number of nitrogens with zero attached hydrogens (tertiary/aromatic N) is 2. The number of pyridine rings is 1. The zero-order valence-electron chi connectivity index (χ0n) is 7.94. The van der Waals surface area contributed by atoms with Crippen molar-refractivity contribution in [1.29, 1.82) is 0 Å². The molecule has 0 saturated carbocycles. The Morgan fingerprint density at radius 1 is 1.57 bits per heavy atom. The Morgan fingerprint density at radius 2 is 2.21 bits per heavy atom. The number of likely N-dealkylation sites (N-methyl/N-ethyl adjacent to an activating group) is 1. The average Bonchev–Trinajstić information content (AvgIpc) is 2.07. The van der Waals surface area contributed by atoms with E-state index in [9.17, 15) is 4.79 Å². The summed E-state index contributed by atoms with van der Waals surface area (Å²) in [6.07, 6.45) is 1.47. The smallest absolute Gasteiger partial charge is 0.325 e. The maximum absolute atomic E-state index is 10.9. The van der Waals surface area contributed by atoms with Crippen LogP contribution < -0.4 is 0 Å². The van der Waals surface area contributed by atoms with Crippen LogP contribution in [-0.4, -0.2) is 35.1 Å². The SMILES string of the molecule is CN(C)C(C(=O)O)c1ccc(Cl)nc1. The summed E-state index contributed by atoms with van der Waals surface area (Å²) in [5.74, 6) is -0.904. The van der Waals surface area contributed by atoms with Crippen LogP contribution in [0.2, 0.25) is 5.15 Å². The van der Waals surface area contributed by atoms with Gasteiger partial charge in [-0.05, 0) is 25.7 Å². The molecule has 0 aromatic carbocycles. The molecule has 0 fully saturated rings. The van der Waals surface area contributed by atoms with Crippen molar-refractivity contribution in [3.8, 4) is 0 Å². The summed E-state index contributed by atoms with van der Waals surface area (Å²) in [6.45, 7) is 0. The van der Waals surface area contributed by atoms with Crippen molar-refractivity contribution in [2.24, 2.45) is 0 Å². The molecule has 1 rings (SSSR count). The third-order valence-corrected chi connectivity index (χ3v) is 2.04. The molecule has 1 N–H and O–H groups in total. The predicted octanol–water partition coefficient (Wildman–Crippen LogP) is 1.42. The van der Waals surface area contributed by atoms with Gasteiger partial charge < -0.3 is 5.11 Å². The van der Waals surface area contributed by atoms with Crippen molar-refractivity contribution in [3.63, 3.8) is 0 Å². The molecule has 0 aliphatic rings. The van der Waals surface area contributed by atoms with E-state index in [-0.39, 0.29) is 0 Å². The normalized spacial score (nSPS) is 12.9. The number of hydrogen-bond donors (Lipinski definition) is 1. The maximum atomic E-state index is 10.9. The quantitative estimate of drug-likeness (QED) is 0.774. The molecule has 0 aliphatic carbocycles. The minimum Gasteiger partial charge on any atom is -0.480 e. The third-order valence-electron chi connectivity index (χ3n) is 1.82. The molecule has 1 heterocycles. The van der Waals surface area contributed by atoms with Gasteiger partial charge in [0.1, 0.15) is 11.2 Å². The highest BCUT2D eigenvalue weighted by Crippen LogP contribution is 2.18. The highest BCUT2D eigenvalue weighted by atomic mass is 35.5. The van der Waals surface area contributed by atoms with E-state index in [1.54, 1.807) is 31.1 Å². The lowest BCUT2D eigenvalue weighted by Crippen LogP contribution is -2.27. The minimum atomic E-state index is -0.904. The molecular weight excluding hydrogens is 204 g/mol. The van der Waals surface area contributed by atoms with Gasteiger partial charge in [0.25, 0.3) is 0 Å². The van der Waals surface area contributed by atoms with Crippen molar-refractivity contribution in [2.75, 3.05) is 14.1 Å². The Hall–Kier alpha value is -1.13. The van der Waals surface area contributed by atoms with Crippen LogP contribution in [0, 0.1) is 0 Å². The van der Waals surface area contributed by atoms with Crippen LogP contribution in [0.3, 0.4) is 0 Å². The van der Waals surface area contributed by atoms with Gasteiger partial charge in [-0.2, -0.15) is 0 Å². The summed E-state index contributed by atoms with van der Waals surface area (Å²) in [4.78, 5) is 16.4. The van der Waals surface area contributed by atoms with Gasteiger partial charge in [0.05, 0.1) is 0 Å². The molecule has 0 amide bonds. The van der Waals surface area contributed by atoms with Crippen LogP contribution in [-0.2, 0) is 4.79 Å². The third kappa shape index (κ3) is 2.43. The molecule has 1 aromatic rings. The number of carboxylic acid groups (broad SMARTS) is 1. The fourth-order valence-electron chi connectivity index (χ4n) is 1.21. The van der Waals surface area contributed by atoms with Crippen LogP contribution in [0.15, 0.2) is 18.3 Å². The first-order valence-electron chi connectivity index (χ1n) is 4.03. The molecule has 76 valence electrons. The molecule has 0 saturated heterocycles. The molecule has 0 aliphatic heterocycles. The molecule has 0 bridgehead atoms. The Bertz CT molecular complexity index is 324. The number of hydrogen-bond acceptors (Lipinski definition) is 3. The van der Waals surface area contributed by atoms with Gasteiger partial charge >= 0.3 is 5.97 Å². The number of halogens is 1. The molecule has 5 heteroatoms. The maximum Gasteiger partial charge on any atom is 0.325 e. The standard InChI is InChI=1S/C9H11ClN2O2/c1-12(2)8(9(13)14)6-3-4-7(10)11-5-6/h3-5,8H,1-2H3,(H,13,14). The van der Waals surface area contributed by atoms with E-state index in [0.717, 1.165) is 0 Å². The zero-order chi connectivity index (χ0) is 10.7. The fourth-order valence-corrected chi connectivity index (χ4v) is 1.32. The lowest BCUT2D eigenvalue weighted by atomic mass is 10.1. The van der Waals surface area contributed by atoms with E-state index in [1.807, 2.05) is 0 Å². The van der Waals surface area contributed by atoms with Crippen LogP contribution >= 0.6 is 11.6 Å². The van der Waals surface area contributed by atoms with E-state index in [0.29, 0.717) is 10.7 Å². The first-order chi connectivity index (χ1) is 6.52. The Morgan fingerprint density at radius 3 is 2.57 bits per heavy atom. The zero-order valence-corrected chi connectivity index (χ0v) is 8.69. The topological polar surface area (TPSA) is 53.4 Å². The Labute approximate surface area is 87.1 Å². The summed E-state index contributed by atoms with van der Waals surface area (Å²) in [5, 5.41) is 9.32. The second kappa shape index (κ2) is 4.39. The van der Waals surface area contributed by atoms with Crippen LogP contribution in [0.4, 0.5) is 0 Å². The van der Waals surface area contributed by atoms with Gasteiger partial charge in [0.15, 0.2) is 0 Å². The summed E-state index contributed by atoms with van der Waals surface area (Å²) in [7, 11) is 3.40. The lowest BCUT2D eigenvalue weighted by molar-refractivity contribution is -0.142. The van der Waals surface area contributed by atoms with Crippen LogP contribution in [0.1, 0.15) is 11.6 Å². The van der Waals surface area contributed by atoms with Crippen LogP contribution in [0.25, 0.3) is 0 Å². The van der Waals surface area contributed by atoms with E-state index in [1.165, 1.54) is 6.20 Å². The van der Waals surface area contributed by atoms with Gasteiger partial charge in [0.2, 0.25) is 0 Å². The predicted molar refractivity (Wildman–Crippen MR) is 53.3 cm³/mol. The highest BCUT2D eigenvalue weighted by Gasteiger charge is 2.21. The fraction of sp³-hybridized carbons (Fsp3) is 0.333. The van der Waals surface area contributed by atoms with E-state index < -0.39 is 12.0 Å². The number of rotatable bonds is 3. The van der Waals surface area contributed by atoms with Crippen molar-refractivity contribution in [3.05, 3.63) is 29.0 Å². The van der Waals surface area contributed by atoms with Gasteiger partial charge in [-0.25, -0.2) is 4.98 Å². The molecule has 0 spiro atoms. The number of carbonyl (C=O) groups is 1. The molecule has 0 radical (unpaired) electrons. The van der Waals surface area contributed by atoms with Crippen molar-refractivity contribution in [2.45, 2.75) is 6.04 Å². The summed E-state index contributed by atoms with van der Waals surface area (Å²) >= 11 is 5.60. The van der Waals surface area contributed by atoms with Gasteiger partial charge in [0, 0.05) is 6.20 Å². The minimum absolute atomic E-state index is 0.358. The largest absolute Gasteiger partial charge is 0.480 e. The first-order valence-corrected chi connectivity index (χ1v) is 4.41. The average molecular weight is 215 g/mol. The Balaban J connectivity index is 3.00. The van der Waals surface area contributed by atoms with E-state index >= 15 is 0 Å². The van der Waals surface area contributed by atoms with Gasteiger partial charge in [-0.15, -0.1) is 0 Å². The van der Waals surface area contributed by atoms with Crippen LogP contribution in [0.5, 0.6) is 0 Å².